The van der Waals surface area contributed by atoms with Gasteiger partial charge in [-0.3, -0.25) is 9.59 Å². The number of rotatable bonds is 4. The van der Waals surface area contributed by atoms with E-state index >= 15 is 0 Å². The summed E-state index contributed by atoms with van der Waals surface area (Å²) < 4.78 is 25.0. The van der Waals surface area contributed by atoms with E-state index in [4.69, 9.17) is 21.1 Å². The lowest BCUT2D eigenvalue weighted by atomic mass is 9.81. The van der Waals surface area contributed by atoms with Gasteiger partial charge in [-0.2, -0.15) is 0 Å². The zero-order valence-electron chi connectivity index (χ0n) is 15.3. The third-order valence-corrected chi connectivity index (χ3v) is 5.34. The maximum atomic E-state index is 14.5. The molecule has 5 nitrogen and oxygen atoms in total. The van der Waals surface area contributed by atoms with Gasteiger partial charge in [-0.15, -0.1) is 0 Å². The number of nitrogens with zero attached hydrogens (tertiary/aromatic N) is 1. The fourth-order valence-corrected chi connectivity index (χ4v) is 3.76. The predicted molar refractivity (Wildman–Crippen MR) is 99.1 cm³/mol. The van der Waals surface area contributed by atoms with Gasteiger partial charge >= 0.3 is 0 Å². The average Bonchev–Trinajstić information content (AvgIpc) is 2.91. The maximum absolute atomic E-state index is 14.5. The highest BCUT2D eigenvalue weighted by atomic mass is 35.5. The van der Waals surface area contributed by atoms with Gasteiger partial charge in [-0.1, -0.05) is 36.3 Å². The molecule has 7 heteroatoms. The van der Waals surface area contributed by atoms with Crippen molar-refractivity contribution in [3.05, 3.63) is 23.0 Å². The van der Waals surface area contributed by atoms with Crippen LogP contribution < -0.4 is 9.64 Å². The lowest BCUT2D eigenvalue weighted by molar-refractivity contribution is -0.122. The van der Waals surface area contributed by atoms with Crippen molar-refractivity contribution in [1.82, 2.24) is 0 Å². The average molecular weight is 394 g/mol. The zero-order valence-corrected chi connectivity index (χ0v) is 16.0. The van der Waals surface area contributed by atoms with E-state index in [0.29, 0.717) is 12.8 Å². The van der Waals surface area contributed by atoms with Crippen LogP contribution in [0.25, 0.3) is 0 Å². The number of halogens is 2. The second-order valence-electron chi connectivity index (χ2n) is 6.73. The van der Waals surface area contributed by atoms with E-state index in [1.807, 2.05) is 0 Å². The minimum atomic E-state index is -0.730. The number of carbonyl (C=O) groups excluding carboxylic acids is 2. The largest absolute Gasteiger partial charge is 0.479 e. The van der Waals surface area contributed by atoms with Crippen molar-refractivity contribution in [1.29, 1.82) is 0 Å². The van der Waals surface area contributed by atoms with Crippen LogP contribution in [0.3, 0.4) is 0 Å². The molecule has 3 rings (SSSR count). The number of benzene rings is 1. The predicted octanol–water partition coefficient (Wildman–Crippen LogP) is 3.58. The third kappa shape index (κ3) is 3.95. The van der Waals surface area contributed by atoms with E-state index in [1.54, 1.807) is 14.0 Å². The highest BCUT2D eigenvalue weighted by Crippen LogP contribution is 2.42. The van der Waals surface area contributed by atoms with Gasteiger partial charge in [0.05, 0.1) is 22.5 Å². The number of anilines is 1. The van der Waals surface area contributed by atoms with Crippen molar-refractivity contribution in [2.45, 2.75) is 38.7 Å². The number of methoxy groups -OCH3 is 1. The molecule has 1 saturated heterocycles. The van der Waals surface area contributed by atoms with Crippen LogP contribution in [-0.4, -0.2) is 31.6 Å². The summed E-state index contributed by atoms with van der Waals surface area (Å²) in [6, 6.07) is 2.35. The van der Waals surface area contributed by atoms with E-state index in [9.17, 15) is 14.0 Å². The van der Waals surface area contributed by atoms with Crippen molar-refractivity contribution in [3.8, 4) is 17.6 Å². The normalized spacial score (nSPS) is 22.9. The van der Waals surface area contributed by atoms with Gasteiger partial charge in [0.2, 0.25) is 11.8 Å². The summed E-state index contributed by atoms with van der Waals surface area (Å²) in [5.74, 6) is 3.64. The zero-order chi connectivity index (χ0) is 19.6. The Morgan fingerprint density at radius 2 is 1.89 bits per heavy atom. The second-order valence-corrected chi connectivity index (χ2v) is 7.14. The molecule has 0 bridgehead atoms. The molecule has 27 heavy (non-hydrogen) atoms. The van der Waals surface area contributed by atoms with E-state index in [1.165, 1.54) is 6.07 Å². The smallest absolute Gasteiger partial charge is 0.237 e. The first-order valence-corrected chi connectivity index (χ1v) is 9.32. The van der Waals surface area contributed by atoms with Gasteiger partial charge in [0.15, 0.2) is 0 Å². The number of imide groups is 1. The molecular weight excluding hydrogens is 373 g/mol. The molecule has 144 valence electrons. The monoisotopic (exact) mass is 393 g/mol. The second kappa shape index (κ2) is 8.28. The van der Waals surface area contributed by atoms with E-state index in [0.717, 1.165) is 23.8 Å². The molecule has 1 saturated carbocycles. The molecule has 1 heterocycles. The summed E-state index contributed by atoms with van der Waals surface area (Å²) in [7, 11) is 1.55. The Balaban J connectivity index is 1.84. The SMILES string of the molecule is COC(C)C#CCOc1cc(N2C(=O)C3CCCCC3C2=O)c(F)cc1Cl. The van der Waals surface area contributed by atoms with Gasteiger partial charge in [-0.25, -0.2) is 9.29 Å². The Kier molecular flexibility index (Phi) is 6.03. The highest BCUT2D eigenvalue weighted by Gasteiger charge is 2.49. The molecule has 1 aromatic carbocycles. The molecular formula is C20H21ClFNO4. The molecule has 0 N–H and O–H groups in total. The van der Waals surface area contributed by atoms with Crippen molar-refractivity contribution >= 4 is 29.1 Å². The molecule has 2 fully saturated rings. The molecule has 2 aliphatic rings. The van der Waals surface area contributed by atoms with Crippen LogP contribution in [0, 0.1) is 29.5 Å². The number of hydrogen-bond donors (Lipinski definition) is 0. The van der Waals surface area contributed by atoms with E-state index in [-0.39, 0.29) is 52.8 Å². The van der Waals surface area contributed by atoms with Crippen LogP contribution in [0.4, 0.5) is 10.1 Å². The van der Waals surface area contributed by atoms with Crippen LogP contribution in [0.2, 0.25) is 5.02 Å². The summed E-state index contributed by atoms with van der Waals surface area (Å²) in [4.78, 5) is 26.3. The van der Waals surface area contributed by atoms with E-state index < -0.39 is 5.82 Å². The van der Waals surface area contributed by atoms with Crippen LogP contribution in [-0.2, 0) is 14.3 Å². The topological polar surface area (TPSA) is 55.8 Å². The molecule has 2 amide bonds. The molecule has 0 aromatic heterocycles. The minimum Gasteiger partial charge on any atom is -0.479 e. The third-order valence-electron chi connectivity index (χ3n) is 5.04. The van der Waals surface area contributed by atoms with Gasteiger partial charge in [-0.05, 0) is 25.8 Å². The minimum absolute atomic E-state index is 0.0195. The highest BCUT2D eigenvalue weighted by molar-refractivity contribution is 6.32. The summed E-state index contributed by atoms with van der Waals surface area (Å²) in [5.41, 5.74) is -0.114. The number of carbonyl (C=O) groups is 2. The standard InChI is InChI=1S/C20H21ClFNO4/c1-12(26-2)6-5-9-27-18-11-17(16(22)10-15(18)21)23-19(24)13-7-3-4-8-14(13)20(23)25/h10-14H,3-4,7-9H2,1-2H3. The van der Waals surface area contributed by atoms with Gasteiger partial charge in [0.1, 0.15) is 24.3 Å². The van der Waals surface area contributed by atoms with Crippen LogP contribution in [0.5, 0.6) is 5.75 Å². The summed E-state index contributed by atoms with van der Waals surface area (Å²) in [6.45, 7) is 1.81. The first-order chi connectivity index (χ1) is 12.9. The van der Waals surface area contributed by atoms with Crippen molar-refractivity contribution in [2.24, 2.45) is 11.8 Å². The number of ether oxygens (including phenoxy) is 2. The lowest BCUT2D eigenvalue weighted by Crippen LogP contribution is -2.31. The Labute approximate surface area is 162 Å². The summed E-state index contributed by atoms with van der Waals surface area (Å²) in [6.07, 6.45) is 2.90. The number of fused-ring (bicyclic) bond motifs is 1. The summed E-state index contributed by atoms with van der Waals surface area (Å²) in [5, 5.41) is 0.0503. The quantitative estimate of drug-likeness (QED) is 0.579. The molecule has 1 aliphatic carbocycles. The maximum Gasteiger partial charge on any atom is 0.237 e. The number of hydrogen-bond acceptors (Lipinski definition) is 4. The molecule has 3 atom stereocenters. The van der Waals surface area contributed by atoms with Gasteiger partial charge in [0, 0.05) is 13.2 Å². The van der Waals surface area contributed by atoms with Gasteiger partial charge < -0.3 is 9.47 Å². The molecule has 0 spiro atoms. The van der Waals surface area contributed by atoms with Gasteiger partial charge in [0.25, 0.3) is 0 Å². The fraction of sp³-hybridized carbons (Fsp3) is 0.500. The van der Waals surface area contributed by atoms with Crippen molar-refractivity contribution in [2.75, 3.05) is 18.6 Å². The van der Waals surface area contributed by atoms with Crippen molar-refractivity contribution < 1.29 is 23.5 Å². The first-order valence-electron chi connectivity index (χ1n) is 8.95. The Morgan fingerprint density at radius 1 is 1.26 bits per heavy atom. The Bertz CT molecular complexity index is 792. The Morgan fingerprint density at radius 3 is 2.48 bits per heavy atom. The molecule has 0 radical (unpaired) electrons. The van der Waals surface area contributed by atoms with Crippen LogP contribution in [0.1, 0.15) is 32.6 Å². The van der Waals surface area contributed by atoms with Crippen LogP contribution in [0.15, 0.2) is 12.1 Å². The Hall–Kier alpha value is -2.10. The lowest BCUT2D eigenvalue weighted by Gasteiger charge is -2.19. The van der Waals surface area contributed by atoms with Crippen molar-refractivity contribution in [3.63, 3.8) is 0 Å². The molecule has 1 aromatic rings. The summed E-state index contributed by atoms with van der Waals surface area (Å²) >= 11 is 6.05. The van der Waals surface area contributed by atoms with E-state index in [2.05, 4.69) is 11.8 Å². The molecule has 1 aliphatic heterocycles. The van der Waals surface area contributed by atoms with Crippen LogP contribution >= 0.6 is 11.6 Å². The number of amides is 2. The molecule has 3 unspecified atom stereocenters. The fourth-order valence-electron chi connectivity index (χ4n) is 3.56. The first kappa shape index (κ1) is 19.7.